The Morgan fingerprint density at radius 3 is 2.42 bits per heavy atom. The summed E-state index contributed by atoms with van der Waals surface area (Å²) in [5.41, 5.74) is -0.682. The zero-order valence-electron chi connectivity index (χ0n) is 9.75. The Morgan fingerprint density at radius 1 is 1.11 bits per heavy atom. The van der Waals surface area contributed by atoms with Gasteiger partial charge in [0.15, 0.2) is 0 Å². The van der Waals surface area contributed by atoms with Crippen LogP contribution in [0.3, 0.4) is 0 Å². The molecule has 0 saturated carbocycles. The highest BCUT2D eigenvalue weighted by atomic mass is 19.4. The third-order valence-corrected chi connectivity index (χ3v) is 3.02. The van der Waals surface area contributed by atoms with Gasteiger partial charge in [0.1, 0.15) is 11.9 Å². The number of hydrogen-bond donors (Lipinski definition) is 0. The van der Waals surface area contributed by atoms with Crippen molar-refractivity contribution in [1.29, 1.82) is 0 Å². The van der Waals surface area contributed by atoms with Gasteiger partial charge >= 0.3 is 6.18 Å². The summed E-state index contributed by atoms with van der Waals surface area (Å²) in [6.45, 7) is 1.12. The summed E-state index contributed by atoms with van der Waals surface area (Å²) in [6, 6.07) is 2.12. The molecule has 1 saturated heterocycles. The van der Waals surface area contributed by atoms with Crippen molar-refractivity contribution < 1.29 is 13.2 Å². The number of pyridine rings is 1. The molecule has 0 spiro atoms. The zero-order valence-corrected chi connectivity index (χ0v) is 9.75. The summed E-state index contributed by atoms with van der Waals surface area (Å²) in [4.78, 5) is 7.29. The van der Waals surface area contributed by atoms with Gasteiger partial charge in [0.2, 0.25) is 0 Å². The molecule has 2 aromatic heterocycles. The number of nitrogens with zero attached hydrogens (tertiary/aromatic N) is 5. The summed E-state index contributed by atoms with van der Waals surface area (Å²) < 4.78 is 37.7. The predicted octanol–water partition coefficient (Wildman–Crippen LogP) is 1.75. The highest BCUT2D eigenvalue weighted by Crippen LogP contribution is 2.32. The molecule has 0 aliphatic carbocycles. The topological polar surface area (TPSA) is 46.8 Å². The quantitative estimate of drug-likeness (QED) is 0.833. The Labute approximate surface area is 106 Å². The van der Waals surface area contributed by atoms with Crippen LogP contribution in [0.5, 0.6) is 0 Å². The number of aromatic nitrogens is 4. The van der Waals surface area contributed by atoms with Crippen LogP contribution in [0.4, 0.5) is 19.0 Å². The van der Waals surface area contributed by atoms with Crippen LogP contribution in [0.1, 0.15) is 11.6 Å². The molecule has 3 heterocycles. The highest BCUT2D eigenvalue weighted by Gasteiger charge is 2.34. The van der Waals surface area contributed by atoms with E-state index in [1.807, 2.05) is 0 Å². The normalized spacial score (nSPS) is 16.5. The van der Waals surface area contributed by atoms with E-state index in [1.54, 1.807) is 22.1 Å². The minimum atomic E-state index is -4.34. The van der Waals surface area contributed by atoms with Gasteiger partial charge in [0.05, 0.1) is 18.0 Å². The molecule has 0 aromatic carbocycles. The summed E-state index contributed by atoms with van der Waals surface area (Å²) in [5.74, 6) is 0.332. The second-order valence-electron chi connectivity index (χ2n) is 4.31. The van der Waals surface area contributed by atoms with Crippen LogP contribution in [-0.2, 0) is 6.18 Å². The summed E-state index contributed by atoms with van der Waals surface area (Å²) >= 11 is 0. The van der Waals surface area contributed by atoms with Crippen molar-refractivity contribution in [3.05, 3.63) is 36.3 Å². The van der Waals surface area contributed by atoms with Crippen molar-refractivity contribution in [3.63, 3.8) is 0 Å². The largest absolute Gasteiger partial charge is 0.416 e. The average Bonchev–Trinajstić information content (AvgIpc) is 2.80. The lowest BCUT2D eigenvalue weighted by Gasteiger charge is -2.39. The lowest BCUT2D eigenvalue weighted by atomic mass is 10.1. The second kappa shape index (κ2) is 4.22. The first kappa shape index (κ1) is 11.9. The number of rotatable bonds is 2. The van der Waals surface area contributed by atoms with Gasteiger partial charge in [-0.3, -0.25) is 0 Å². The first-order chi connectivity index (χ1) is 9.04. The predicted molar refractivity (Wildman–Crippen MR) is 60.5 cm³/mol. The minimum Gasteiger partial charge on any atom is -0.352 e. The fraction of sp³-hybridized carbons (Fsp3) is 0.364. The fourth-order valence-electron chi connectivity index (χ4n) is 1.97. The van der Waals surface area contributed by atoms with E-state index in [2.05, 4.69) is 15.2 Å². The van der Waals surface area contributed by atoms with Gasteiger partial charge in [-0.15, -0.1) is 0 Å². The second-order valence-corrected chi connectivity index (χ2v) is 4.31. The minimum absolute atomic E-state index is 0.0892. The lowest BCUT2D eigenvalue weighted by molar-refractivity contribution is -0.137. The average molecular weight is 269 g/mol. The summed E-state index contributed by atoms with van der Waals surface area (Å²) in [7, 11) is 0. The number of alkyl halides is 3. The molecule has 0 N–H and O–H groups in total. The fourth-order valence-corrected chi connectivity index (χ4v) is 1.97. The van der Waals surface area contributed by atoms with E-state index in [4.69, 9.17) is 0 Å². The maximum Gasteiger partial charge on any atom is 0.416 e. The van der Waals surface area contributed by atoms with E-state index >= 15 is 0 Å². The van der Waals surface area contributed by atoms with E-state index in [9.17, 15) is 13.2 Å². The molecule has 0 unspecified atom stereocenters. The molecule has 3 rings (SSSR count). The van der Waals surface area contributed by atoms with Gasteiger partial charge in [-0.25, -0.2) is 4.98 Å². The van der Waals surface area contributed by atoms with Gasteiger partial charge in [0, 0.05) is 19.3 Å². The van der Waals surface area contributed by atoms with Crippen LogP contribution in [0.25, 0.3) is 0 Å². The SMILES string of the molecule is FC(F)(F)c1ccnc(N2CC(n3nccn3)C2)c1. The van der Waals surface area contributed by atoms with E-state index in [1.165, 1.54) is 6.20 Å². The molecule has 1 fully saturated rings. The van der Waals surface area contributed by atoms with Crippen LogP contribution in [0.2, 0.25) is 0 Å². The first-order valence-corrected chi connectivity index (χ1v) is 5.68. The van der Waals surface area contributed by atoms with Crippen LogP contribution < -0.4 is 4.90 Å². The molecule has 1 aliphatic rings. The van der Waals surface area contributed by atoms with Crippen molar-refractivity contribution >= 4 is 5.82 Å². The Kier molecular flexibility index (Phi) is 2.65. The lowest BCUT2D eigenvalue weighted by Crippen LogP contribution is -2.49. The van der Waals surface area contributed by atoms with Crippen LogP contribution in [0.15, 0.2) is 30.7 Å². The molecule has 5 nitrogen and oxygen atoms in total. The molecular formula is C11H10F3N5. The number of hydrogen-bond acceptors (Lipinski definition) is 4. The molecule has 0 radical (unpaired) electrons. The Hall–Kier alpha value is -2.12. The maximum atomic E-state index is 12.6. The zero-order chi connectivity index (χ0) is 13.5. The molecule has 0 amide bonds. The Morgan fingerprint density at radius 2 is 1.79 bits per heavy atom. The molecule has 100 valence electrons. The summed E-state index contributed by atoms with van der Waals surface area (Å²) in [6.07, 6.45) is -0.0144. The van der Waals surface area contributed by atoms with Gasteiger partial charge in [-0.05, 0) is 12.1 Å². The monoisotopic (exact) mass is 269 g/mol. The van der Waals surface area contributed by atoms with Gasteiger partial charge in [-0.1, -0.05) is 0 Å². The molecule has 2 aromatic rings. The molecule has 19 heavy (non-hydrogen) atoms. The number of anilines is 1. The smallest absolute Gasteiger partial charge is 0.352 e. The molecule has 8 heteroatoms. The molecule has 0 bridgehead atoms. The van der Waals surface area contributed by atoms with Crippen LogP contribution in [0, 0.1) is 0 Å². The van der Waals surface area contributed by atoms with Crippen LogP contribution >= 0.6 is 0 Å². The highest BCUT2D eigenvalue weighted by molar-refractivity contribution is 5.44. The molecule has 1 aliphatic heterocycles. The van der Waals surface area contributed by atoms with Gasteiger partial charge in [0.25, 0.3) is 0 Å². The van der Waals surface area contributed by atoms with Gasteiger partial charge < -0.3 is 4.90 Å². The van der Waals surface area contributed by atoms with Crippen LogP contribution in [-0.4, -0.2) is 33.1 Å². The van der Waals surface area contributed by atoms with Crippen molar-refractivity contribution in [2.75, 3.05) is 18.0 Å². The Bertz CT molecular complexity index is 560. The maximum absolute atomic E-state index is 12.6. The summed E-state index contributed by atoms with van der Waals surface area (Å²) in [5, 5.41) is 8.00. The van der Waals surface area contributed by atoms with E-state index < -0.39 is 11.7 Å². The van der Waals surface area contributed by atoms with E-state index in [-0.39, 0.29) is 6.04 Å². The standard InChI is InChI=1S/C11H10F3N5/c12-11(13,14)8-1-2-15-10(5-8)18-6-9(7-18)19-16-3-4-17-19/h1-5,9H,6-7H2. The molecular weight excluding hydrogens is 259 g/mol. The van der Waals surface area contributed by atoms with Crippen molar-refractivity contribution in [3.8, 4) is 0 Å². The Balaban J connectivity index is 1.72. The third kappa shape index (κ3) is 2.25. The van der Waals surface area contributed by atoms with Crippen molar-refractivity contribution in [1.82, 2.24) is 20.0 Å². The van der Waals surface area contributed by atoms with E-state index in [0.29, 0.717) is 18.9 Å². The van der Waals surface area contributed by atoms with Gasteiger partial charge in [-0.2, -0.15) is 28.2 Å². The van der Waals surface area contributed by atoms with E-state index in [0.717, 1.165) is 12.1 Å². The number of halogens is 3. The molecule has 0 atom stereocenters. The van der Waals surface area contributed by atoms with Crippen molar-refractivity contribution in [2.45, 2.75) is 12.2 Å². The first-order valence-electron chi connectivity index (χ1n) is 5.68. The van der Waals surface area contributed by atoms with Crippen molar-refractivity contribution in [2.24, 2.45) is 0 Å². The third-order valence-electron chi connectivity index (χ3n) is 3.02.